The van der Waals surface area contributed by atoms with E-state index in [1.807, 2.05) is 34.5 Å². The summed E-state index contributed by atoms with van der Waals surface area (Å²) in [7, 11) is 0. The van der Waals surface area contributed by atoms with Crippen molar-refractivity contribution < 1.29 is 9.53 Å². The van der Waals surface area contributed by atoms with E-state index in [4.69, 9.17) is 4.74 Å². The largest absolute Gasteiger partial charge is 0.431 e. The molecule has 0 N–H and O–H groups in total. The van der Waals surface area contributed by atoms with Crippen molar-refractivity contribution in [2.24, 2.45) is 0 Å². The van der Waals surface area contributed by atoms with Crippen LogP contribution in [0.4, 0.5) is 0 Å². The van der Waals surface area contributed by atoms with E-state index < -0.39 is 0 Å². The van der Waals surface area contributed by atoms with E-state index in [-0.39, 0.29) is 5.91 Å². The molecule has 0 radical (unpaired) electrons. The maximum absolute atomic E-state index is 12.8. The average molecular weight is 330 g/mol. The summed E-state index contributed by atoms with van der Waals surface area (Å²) < 4.78 is 5.64. The molecular weight excluding hydrogens is 308 g/mol. The minimum Gasteiger partial charge on any atom is -0.431 e. The highest BCUT2D eigenvalue weighted by atomic mass is 32.1. The lowest BCUT2D eigenvalue weighted by atomic mass is 9.93. The van der Waals surface area contributed by atoms with Crippen LogP contribution in [-0.4, -0.2) is 28.4 Å². The van der Waals surface area contributed by atoms with Gasteiger partial charge in [-0.05, 0) is 44.0 Å². The fraction of sp³-hybridized carbons (Fsp3) is 0.444. The summed E-state index contributed by atoms with van der Waals surface area (Å²) >= 11 is 1.45. The Balaban J connectivity index is 1.68. The monoisotopic (exact) mass is 330 g/mol. The molecule has 122 valence electrons. The lowest BCUT2D eigenvalue weighted by Gasteiger charge is -2.33. The number of carbonyl (C=O) groups excluding carboxylic acids is 1. The van der Waals surface area contributed by atoms with Gasteiger partial charge >= 0.3 is 0 Å². The second-order valence-corrected chi connectivity index (χ2v) is 6.66. The molecule has 23 heavy (non-hydrogen) atoms. The summed E-state index contributed by atoms with van der Waals surface area (Å²) in [6.07, 6.45) is 7.73. The van der Waals surface area contributed by atoms with Crippen LogP contribution in [0.5, 0.6) is 10.9 Å². The number of nitrogens with zero attached hydrogens (tertiary/aromatic N) is 2. The third-order valence-corrected chi connectivity index (χ3v) is 4.98. The molecule has 3 rings (SSSR count). The van der Waals surface area contributed by atoms with Gasteiger partial charge in [0.1, 0.15) is 5.75 Å². The quantitative estimate of drug-likeness (QED) is 0.796. The molecule has 1 heterocycles. The topological polar surface area (TPSA) is 42.4 Å². The number of hydrogen-bond donors (Lipinski definition) is 0. The molecule has 0 spiro atoms. The standard InChI is InChI=1S/C18H22N2O2S/c1-2-20(15-6-4-3-5-7-15)17(21)14-8-10-16(11-9-14)22-18-19-12-13-23-18/h8-13,15H,2-7H2,1H3. The Morgan fingerprint density at radius 3 is 2.61 bits per heavy atom. The van der Waals surface area contributed by atoms with Crippen molar-refractivity contribution in [1.82, 2.24) is 9.88 Å². The Labute approximate surface area is 141 Å². The van der Waals surface area contributed by atoms with Gasteiger partial charge in [-0.25, -0.2) is 4.98 Å². The first-order chi connectivity index (χ1) is 11.3. The summed E-state index contributed by atoms with van der Waals surface area (Å²) in [6, 6.07) is 7.76. The van der Waals surface area contributed by atoms with Crippen molar-refractivity contribution in [2.45, 2.75) is 45.1 Å². The Kier molecular flexibility index (Phi) is 5.28. The van der Waals surface area contributed by atoms with Crippen molar-refractivity contribution in [2.75, 3.05) is 6.54 Å². The zero-order chi connectivity index (χ0) is 16.1. The van der Waals surface area contributed by atoms with Crippen molar-refractivity contribution in [3.63, 3.8) is 0 Å². The second kappa shape index (κ2) is 7.59. The third kappa shape index (κ3) is 3.91. The van der Waals surface area contributed by atoms with Gasteiger partial charge in [-0.15, -0.1) is 0 Å². The van der Waals surface area contributed by atoms with Crippen molar-refractivity contribution in [1.29, 1.82) is 0 Å². The van der Waals surface area contributed by atoms with Gasteiger partial charge < -0.3 is 9.64 Å². The first-order valence-corrected chi connectivity index (χ1v) is 9.14. The number of benzene rings is 1. The van der Waals surface area contributed by atoms with Gasteiger partial charge in [-0.1, -0.05) is 30.6 Å². The maximum atomic E-state index is 12.8. The normalized spacial score (nSPS) is 15.3. The zero-order valence-corrected chi connectivity index (χ0v) is 14.2. The van der Waals surface area contributed by atoms with Gasteiger partial charge in [0.25, 0.3) is 11.1 Å². The third-order valence-electron chi connectivity index (χ3n) is 4.33. The molecule has 0 aliphatic heterocycles. The Morgan fingerprint density at radius 1 is 1.26 bits per heavy atom. The van der Waals surface area contributed by atoms with Gasteiger partial charge in [0.05, 0.1) is 0 Å². The predicted octanol–water partition coefficient (Wildman–Crippen LogP) is 4.73. The molecule has 0 bridgehead atoms. The van der Waals surface area contributed by atoms with Crippen LogP contribution in [-0.2, 0) is 0 Å². The highest BCUT2D eigenvalue weighted by molar-refractivity contribution is 7.11. The molecule has 1 aromatic heterocycles. The number of ether oxygens (including phenoxy) is 1. The number of hydrogen-bond acceptors (Lipinski definition) is 4. The van der Waals surface area contributed by atoms with E-state index in [1.165, 1.54) is 30.6 Å². The first kappa shape index (κ1) is 16.0. The highest BCUT2D eigenvalue weighted by Crippen LogP contribution is 2.26. The molecule has 1 aliphatic rings. The first-order valence-electron chi connectivity index (χ1n) is 8.26. The molecule has 1 amide bonds. The lowest BCUT2D eigenvalue weighted by molar-refractivity contribution is 0.0648. The Bertz CT molecular complexity index is 619. The zero-order valence-electron chi connectivity index (χ0n) is 13.4. The molecule has 1 aliphatic carbocycles. The van der Waals surface area contributed by atoms with Crippen LogP contribution in [0.25, 0.3) is 0 Å². The average Bonchev–Trinajstić information content (AvgIpc) is 3.10. The second-order valence-electron chi connectivity index (χ2n) is 5.81. The SMILES string of the molecule is CCN(C(=O)c1ccc(Oc2nccs2)cc1)C1CCCCC1. The van der Waals surface area contributed by atoms with Crippen LogP contribution in [0.2, 0.25) is 0 Å². The van der Waals surface area contributed by atoms with Crippen LogP contribution >= 0.6 is 11.3 Å². The van der Waals surface area contributed by atoms with E-state index in [0.717, 1.165) is 24.9 Å². The predicted molar refractivity (Wildman–Crippen MR) is 92.2 cm³/mol. The van der Waals surface area contributed by atoms with Crippen molar-refractivity contribution >= 4 is 17.2 Å². The molecule has 1 fully saturated rings. The Morgan fingerprint density at radius 2 is 2.00 bits per heavy atom. The molecule has 1 saturated carbocycles. The minimum absolute atomic E-state index is 0.125. The highest BCUT2D eigenvalue weighted by Gasteiger charge is 2.24. The van der Waals surface area contributed by atoms with E-state index in [0.29, 0.717) is 17.0 Å². The van der Waals surface area contributed by atoms with Crippen molar-refractivity contribution in [3.8, 4) is 10.9 Å². The fourth-order valence-corrected chi connectivity index (χ4v) is 3.66. The smallest absolute Gasteiger partial charge is 0.278 e. The maximum Gasteiger partial charge on any atom is 0.278 e. The van der Waals surface area contributed by atoms with E-state index in [1.54, 1.807) is 6.20 Å². The fourth-order valence-electron chi connectivity index (χ4n) is 3.15. The number of amides is 1. The van der Waals surface area contributed by atoms with Crippen LogP contribution in [0.3, 0.4) is 0 Å². The molecule has 2 aromatic rings. The van der Waals surface area contributed by atoms with Gasteiger partial charge in [0, 0.05) is 29.7 Å². The van der Waals surface area contributed by atoms with Crippen LogP contribution < -0.4 is 4.74 Å². The summed E-state index contributed by atoms with van der Waals surface area (Å²) in [6.45, 7) is 2.83. The molecule has 0 unspecified atom stereocenters. The molecule has 1 aromatic carbocycles. The van der Waals surface area contributed by atoms with Crippen molar-refractivity contribution in [3.05, 3.63) is 41.4 Å². The van der Waals surface area contributed by atoms with Gasteiger partial charge in [-0.2, -0.15) is 0 Å². The number of carbonyl (C=O) groups is 1. The van der Waals surface area contributed by atoms with Crippen LogP contribution in [0, 0.1) is 0 Å². The number of rotatable bonds is 5. The van der Waals surface area contributed by atoms with E-state index in [2.05, 4.69) is 11.9 Å². The molecule has 5 heteroatoms. The summed E-state index contributed by atoms with van der Waals surface area (Å²) in [5.41, 5.74) is 0.726. The molecular formula is C18H22N2O2S. The van der Waals surface area contributed by atoms with Gasteiger partial charge in [0.15, 0.2) is 0 Å². The van der Waals surface area contributed by atoms with Crippen LogP contribution in [0.15, 0.2) is 35.8 Å². The van der Waals surface area contributed by atoms with E-state index in [9.17, 15) is 4.79 Å². The number of thiazole rings is 1. The Hall–Kier alpha value is -1.88. The minimum atomic E-state index is 0.125. The molecule has 0 saturated heterocycles. The van der Waals surface area contributed by atoms with Gasteiger partial charge in [-0.3, -0.25) is 4.79 Å². The number of aromatic nitrogens is 1. The molecule has 4 nitrogen and oxygen atoms in total. The van der Waals surface area contributed by atoms with E-state index >= 15 is 0 Å². The lowest BCUT2D eigenvalue weighted by Crippen LogP contribution is -2.41. The van der Waals surface area contributed by atoms with Crippen LogP contribution in [0.1, 0.15) is 49.4 Å². The summed E-state index contributed by atoms with van der Waals surface area (Å²) in [5, 5.41) is 2.48. The van der Waals surface area contributed by atoms with Gasteiger partial charge in [0.2, 0.25) is 0 Å². The summed E-state index contributed by atoms with van der Waals surface area (Å²) in [5.74, 6) is 0.831. The molecule has 0 atom stereocenters. The summed E-state index contributed by atoms with van der Waals surface area (Å²) in [4.78, 5) is 18.9.